The molecule has 188 valence electrons. The quantitative estimate of drug-likeness (QED) is 0.380. The van der Waals surface area contributed by atoms with Crippen molar-refractivity contribution in [1.29, 1.82) is 5.26 Å². The monoisotopic (exact) mass is 501 g/mol. The normalized spacial score (nSPS) is 19.4. The van der Waals surface area contributed by atoms with Gasteiger partial charge < -0.3 is 14.2 Å². The van der Waals surface area contributed by atoms with Gasteiger partial charge in [-0.1, -0.05) is 30.3 Å². The fourth-order valence-electron chi connectivity index (χ4n) is 4.93. The number of nitriles is 1. The number of hydrogen-bond donors (Lipinski definition) is 0. The van der Waals surface area contributed by atoms with Crippen molar-refractivity contribution in [3.05, 3.63) is 94.6 Å². The van der Waals surface area contributed by atoms with E-state index in [4.69, 9.17) is 19.5 Å². The number of fused-ring (bicyclic) bond motifs is 1. The first kappa shape index (κ1) is 24.5. The van der Waals surface area contributed by atoms with Crippen LogP contribution in [0.4, 0.5) is 8.78 Å². The number of nitrogens with zero attached hydrogens (tertiary/aromatic N) is 1. The number of Topliss-reactive ketones (excluding diaryl/α,β-unsaturated/α-hetero) is 1. The summed E-state index contributed by atoms with van der Waals surface area (Å²) in [6.07, 6.45) is 6.99. The molecule has 0 spiro atoms. The van der Waals surface area contributed by atoms with Crippen LogP contribution in [-0.4, -0.2) is 25.1 Å². The van der Waals surface area contributed by atoms with Gasteiger partial charge in [-0.2, -0.15) is 5.26 Å². The number of ketones is 1. The van der Waals surface area contributed by atoms with Crippen molar-refractivity contribution in [2.24, 2.45) is 0 Å². The third-order valence-corrected chi connectivity index (χ3v) is 6.84. The number of benzene rings is 3. The van der Waals surface area contributed by atoms with Crippen molar-refractivity contribution in [3.63, 3.8) is 0 Å². The van der Waals surface area contributed by atoms with Gasteiger partial charge in [0.05, 0.1) is 36.3 Å². The molecule has 7 heteroatoms. The first-order chi connectivity index (χ1) is 18.0. The van der Waals surface area contributed by atoms with Crippen molar-refractivity contribution in [2.45, 2.75) is 43.8 Å². The number of methoxy groups -OCH3 is 1. The number of carbonyl (C=O) groups is 1. The molecule has 1 aliphatic heterocycles. The second-order valence-electron chi connectivity index (χ2n) is 9.18. The number of hydrogen-bond acceptors (Lipinski definition) is 5. The molecule has 0 N–H and O–H groups in total. The van der Waals surface area contributed by atoms with Gasteiger partial charge in [0.25, 0.3) is 0 Å². The van der Waals surface area contributed by atoms with Gasteiger partial charge in [-0.3, -0.25) is 4.79 Å². The van der Waals surface area contributed by atoms with Crippen LogP contribution in [0.5, 0.6) is 17.2 Å². The maximum Gasteiger partial charge on any atom is 0.178 e. The lowest BCUT2D eigenvalue weighted by molar-refractivity contribution is 0.0840. The fourth-order valence-corrected chi connectivity index (χ4v) is 4.93. The summed E-state index contributed by atoms with van der Waals surface area (Å²) in [5.41, 5.74) is 1.77. The molecule has 0 aromatic heterocycles. The Labute approximate surface area is 213 Å². The molecule has 0 radical (unpaired) electrons. The minimum atomic E-state index is -1.12. The lowest BCUT2D eigenvalue weighted by Crippen LogP contribution is -2.35. The molecular weight excluding hydrogens is 476 g/mol. The maximum absolute atomic E-state index is 14.0. The summed E-state index contributed by atoms with van der Waals surface area (Å²) in [5, 5.41) is 9.16. The average molecular weight is 502 g/mol. The summed E-state index contributed by atoms with van der Waals surface area (Å²) in [7, 11) is 1.58. The number of rotatable bonds is 6. The van der Waals surface area contributed by atoms with E-state index in [1.807, 2.05) is 18.2 Å². The Balaban J connectivity index is 1.54. The predicted molar refractivity (Wildman–Crippen MR) is 134 cm³/mol. The molecule has 1 fully saturated rings. The molecule has 5 rings (SSSR count). The molecule has 2 atom stereocenters. The van der Waals surface area contributed by atoms with Crippen LogP contribution in [0.25, 0.3) is 6.08 Å². The third-order valence-electron chi connectivity index (χ3n) is 6.84. The van der Waals surface area contributed by atoms with E-state index in [9.17, 15) is 13.6 Å². The molecule has 2 aliphatic rings. The van der Waals surface area contributed by atoms with Crippen LogP contribution in [0.3, 0.4) is 0 Å². The Kier molecular flexibility index (Phi) is 6.91. The summed E-state index contributed by atoms with van der Waals surface area (Å²) < 4.78 is 45.9. The molecule has 3 aromatic carbocycles. The lowest BCUT2D eigenvalue weighted by atomic mass is 9.83. The zero-order valence-electron chi connectivity index (χ0n) is 20.2. The van der Waals surface area contributed by atoms with Crippen LogP contribution >= 0.6 is 0 Å². The van der Waals surface area contributed by atoms with Crippen LogP contribution in [-0.2, 0) is 0 Å². The van der Waals surface area contributed by atoms with Crippen LogP contribution in [0.1, 0.15) is 58.6 Å². The zero-order valence-corrected chi connectivity index (χ0v) is 20.2. The molecule has 37 heavy (non-hydrogen) atoms. The van der Waals surface area contributed by atoms with E-state index in [1.165, 1.54) is 0 Å². The minimum absolute atomic E-state index is 0.0171. The number of carbonyl (C=O) groups excluding carboxylic acids is 1. The van der Waals surface area contributed by atoms with Crippen LogP contribution < -0.4 is 14.2 Å². The highest BCUT2D eigenvalue weighted by Crippen LogP contribution is 2.40. The van der Waals surface area contributed by atoms with Crippen molar-refractivity contribution < 1.29 is 27.8 Å². The predicted octanol–water partition coefficient (Wildman–Crippen LogP) is 6.61. The second kappa shape index (κ2) is 10.4. The molecule has 0 saturated heterocycles. The largest absolute Gasteiger partial charge is 0.493 e. The van der Waals surface area contributed by atoms with Gasteiger partial charge in [0.1, 0.15) is 11.9 Å². The average Bonchev–Trinajstić information content (AvgIpc) is 3.43. The van der Waals surface area contributed by atoms with Crippen molar-refractivity contribution in [1.82, 2.24) is 0 Å². The van der Waals surface area contributed by atoms with Gasteiger partial charge in [0.2, 0.25) is 0 Å². The first-order valence-electron chi connectivity index (χ1n) is 12.2. The summed E-state index contributed by atoms with van der Waals surface area (Å²) in [5.74, 6) is -2.24. The fraction of sp³-hybridized carbons (Fsp3) is 0.267. The van der Waals surface area contributed by atoms with Crippen molar-refractivity contribution in [2.75, 3.05) is 7.11 Å². The van der Waals surface area contributed by atoms with E-state index in [1.54, 1.807) is 43.5 Å². The molecular formula is C30H25F2NO4. The van der Waals surface area contributed by atoms with Crippen molar-refractivity contribution >= 4 is 11.9 Å². The van der Waals surface area contributed by atoms with E-state index in [0.29, 0.717) is 22.6 Å². The van der Waals surface area contributed by atoms with Gasteiger partial charge in [0, 0.05) is 11.6 Å². The molecule has 1 saturated carbocycles. The highest BCUT2D eigenvalue weighted by Gasteiger charge is 2.38. The van der Waals surface area contributed by atoms with E-state index in [0.717, 1.165) is 43.4 Å². The SMILES string of the molecule is COc1cccc(/C=C/C2Oc3cc(F)c(F)cc3C(=O)C2c2ccc(C#N)cc2)c1OC1CCCC1. The van der Waals surface area contributed by atoms with E-state index in [2.05, 4.69) is 6.07 Å². The molecule has 5 nitrogen and oxygen atoms in total. The Morgan fingerprint density at radius 1 is 1.05 bits per heavy atom. The number of halogens is 2. The minimum Gasteiger partial charge on any atom is -0.493 e. The van der Waals surface area contributed by atoms with E-state index >= 15 is 0 Å². The summed E-state index contributed by atoms with van der Waals surface area (Å²) >= 11 is 0. The Morgan fingerprint density at radius 3 is 2.49 bits per heavy atom. The maximum atomic E-state index is 14.0. The molecule has 3 aromatic rings. The number of para-hydroxylation sites is 1. The summed E-state index contributed by atoms with van der Waals surface area (Å²) in [4.78, 5) is 13.5. The molecule has 2 unspecified atom stereocenters. The van der Waals surface area contributed by atoms with Gasteiger partial charge in [-0.25, -0.2) is 8.78 Å². The number of ether oxygens (including phenoxy) is 3. The van der Waals surface area contributed by atoms with Gasteiger partial charge in [-0.15, -0.1) is 0 Å². The molecule has 0 amide bonds. The second-order valence-corrected chi connectivity index (χ2v) is 9.18. The standard InChI is InChI=1S/C30H25F2NO4/c1-35-26-8-4-5-20(30(26)36-21-6-2-3-7-21)13-14-25-28(19-11-9-18(17-33)10-12-19)29(34)22-15-23(31)24(32)16-27(22)37-25/h4-5,8-16,21,25,28H,2-3,6-7H2,1H3/b14-13+. The van der Waals surface area contributed by atoms with Crippen molar-refractivity contribution in [3.8, 4) is 23.3 Å². The van der Waals surface area contributed by atoms with Crippen LogP contribution in [0.15, 0.2) is 60.7 Å². The third kappa shape index (κ3) is 4.92. The smallest absolute Gasteiger partial charge is 0.178 e. The van der Waals surface area contributed by atoms with Crippen LogP contribution in [0, 0.1) is 23.0 Å². The highest BCUT2D eigenvalue weighted by atomic mass is 19.2. The molecule has 1 heterocycles. The highest BCUT2D eigenvalue weighted by molar-refractivity contribution is 6.05. The first-order valence-corrected chi connectivity index (χ1v) is 12.2. The van der Waals surface area contributed by atoms with Gasteiger partial charge in [0.15, 0.2) is 28.9 Å². The molecule has 0 bridgehead atoms. The summed E-state index contributed by atoms with van der Waals surface area (Å²) in [6.45, 7) is 0. The Morgan fingerprint density at radius 2 is 1.78 bits per heavy atom. The van der Waals surface area contributed by atoms with Gasteiger partial charge >= 0.3 is 0 Å². The zero-order chi connectivity index (χ0) is 25.9. The van der Waals surface area contributed by atoms with E-state index in [-0.39, 0.29) is 17.4 Å². The summed E-state index contributed by atoms with van der Waals surface area (Å²) in [6, 6.07) is 16.0. The molecule has 1 aliphatic carbocycles. The van der Waals surface area contributed by atoms with E-state index < -0.39 is 29.4 Å². The lowest BCUT2D eigenvalue weighted by Gasteiger charge is -2.31. The topological polar surface area (TPSA) is 68.5 Å². The van der Waals surface area contributed by atoms with Crippen LogP contribution in [0.2, 0.25) is 0 Å². The Bertz CT molecular complexity index is 1390. The Hall–Kier alpha value is -4.18. The van der Waals surface area contributed by atoms with Gasteiger partial charge in [-0.05, 0) is 61.6 Å².